The first-order valence-electron chi connectivity index (χ1n) is 4.82. The predicted molar refractivity (Wildman–Crippen MR) is 56.9 cm³/mol. The minimum absolute atomic E-state index is 0.223. The van der Waals surface area contributed by atoms with Crippen molar-refractivity contribution in [3.05, 3.63) is 35.9 Å². The van der Waals surface area contributed by atoms with Crippen LogP contribution in [0.2, 0.25) is 0 Å². The van der Waals surface area contributed by atoms with Gasteiger partial charge in [0.1, 0.15) is 0 Å². The number of benzene rings is 1. The van der Waals surface area contributed by atoms with Gasteiger partial charge in [0.05, 0.1) is 0 Å². The van der Waals surface area contributed by atoms with E-state index in [0.29, 0.717) is 6.42 Å². The SMILES string of the molecule is CC(O)(O)CC(C)(C)c1ccccc1. The Morgan fingerprint density at radius 2 is 1.50 bits per heavy atom. The second kappa shape index (κ2) is 3.71. The topological polar surface area (TPSA) is 40.5 Å². The van der Waals surface area contributed by atoms with Gasteiger partial charge >= 0.3 is 0 Å². The highest BCUT2D eigenvalue weighted by molar-refractivity contribution is 5.23. The van der Waals surface area contributed by atoms with Crippen molar-refractivity contribution in [3.63, 3.8) is 0 Å². The Bertz CT molecular complexity index is 283. The molecule has 2 heteroatoms. The third-order valence-electron chi connectivity index (χ3n) is 2.33. The lowest BCUT2D eigenvalue weighted by atomic mass is 9.79. The largest absolute Gasteiger partial charge is 0.366 e. The quantitative estimate of drug-likeness (QED) is 0.723. The Morgan fingerprint density at radius 1 is 1.00 bits per heavy atom. The van der Waals surface area contributed by atoms with Crippen LogP contribution in [0.25, 0.3) is 0 Å². The van der Waals surface area contributed by atoms with E-state index in [4.69, 9.17) is 0 Å². The van der Waals surface area contributed by atoms with E-state index in [9.17, 15) is 10.2 Å². The summed E-state index contributed by atoms with van der Waals surface area (Å²) in [6, 6.07) is 9.89. The molecule has 0 aliphatic rings. The van der Waals surface area contributed by atoms with E-state index in [-0.39, 0.29) is 5.41 Å². The van der Waals surface area contributed by atoms with E-state index in [0.717, 1.165) is 5.56 Å². The second-order valence-electron chi connectivity index (χ2n) is 4.64. The molecule has 0 fully saturated rings. The molecule has 0 aromatic heterocycles. The Kier molecular flexibility index (Phi) is 2.98. The van der Waals surface area contributed by atoms with Crippen molar-refractivity contribution in [2.24, 2.45) is 0 Å². The third-order valence-corrected chi connectivity index (χ3v) is 2.33. The number of rotatable bonds is 3. The summed E-state index contributed by atoms with van der Waals surface area (Å²) in [5, 5.41) is 18.7. The summed E-state index contributed by atoms with van der Waals surface area (Å²) in [4.78, 5) is 0. The summed E-state index contributed by atoms with van der Waals surface area (Å²) in [7, 11) is 0. The van der Waals surface area contributed by atoms with Gasteiger partial charge < -0.3 is 10.2 Å². The molecule has 0 atom stereocenters. The molecule has 0 saturated carbocycles. The summed E-state index contributed by atoms with van der Waals surface area (Å²) in [5.41, 5.74) is 0.897. The Labute approximate surface area is 85.2 Å². The third kappa shape index (κ3) is 3.13. The van der Waals surface area contributed by atoms with Crippen molar-refractivity contribution < 1.29 is 10.2 Å². The minimum Gasteiger partial charge on any atom is -0.366 e. The van der Waals surface area contributed by atoms with Crippen LogP contribution < -0.4 is 0 Å². The molecule has 0 saturated heterocycles. The van der Waals surface area contributed by atoms with E-state index in [1.54, 1.807) is 0 Å². The van der Waals surface area contributed by atoms with Gasteiger partial charge in [-0.3, -0.25) is 0 Å². The highest BCUT2D eigenvalue weighted by Gasteiger charge is 2.29. The van der Waals surface area contributed by atoms with Crippen molar-refractivity contribution in [3.8, 4) is 0 Å². The molecule has 78 valence electrons. The van der Waals surface area contributed by atoms with Crippen molar-refractivity contribution in [2.45, 2.75) is 38.4 Å². The maximum absolute atomic E-state index is 9.37. The number of aliphatic hydroxyl groups is 2. The van der Waals surface area contributed by atoms with Crippen molar-refractivity contribution in [1.82, 2.24) is 0 Å². The zero-order valence-corrected chi connectivity index (χ0v) is 8.99. The Balaban J connectivity index is 2.86. The van der Waals surface area contributed by atoms with Crippen LogP contribution in [0.15, 0.2) is 30.3 Å². The van der Waals surface area contributed by atoms with Crippen LogP contribution in [0.1, 0.15) is 32.8 Å². The van der Waals surface area contributed by atoms with Crippen LogP contribution in [-0.4, -0.2) is 16.0 Å². The van der Waals surface area contributed by atoms with Gasteiger partial charge in [-0.15, -0.1) is 0 Å². The molecule has 14 heavy (non-hydrogen) atoms. The molecule has 1 aromatic carbocycles. The molecule has 2 N–H and O–H groups in total. The average molecular weight is 194 g/mol. The summed E-state index contributed by atoms with van der Waals surface area (Å²) in [5.74, 6) is -1.61. The fourth-order valence-corrected chi connectivity index (χ4v) is 1.83. The van der Waals surface area contributed by atoms with Gasteiger partial charge in [0.25, 0.3) is 0 Å². The van der Waals surface area contributed by atoms with Gasteiger partial charge in [0.15, 0.2) is 5.79 Å². The van der Waals surface area contributed by atoms with Crippen LogP contribution in [0.3, 0.4) is 0 Å². The summed E-state index contributed by atoms with van der Waals surface area (Å²) in [6.07, 6.45) is 0.323. The molecule has 0 radical (unpaired) electrons. The standard InChI is InChI=1S/C12H18O2/c1-11(2,9-12(3,13)14)10-7-5-4-6-8-10/h4-8,13-14H,9H2,1-3H3. The van der Waals surface area contributed by atoms with Gasteiger partial charge in [0, 0.05) is 6.42 Å². The van der Waals surface area contributed by atoms with Crippen molar-refractivity contribution in [1.29, 1.82) is 0 Å². The molecule has 0 heterocycles. The highest BCUT2D eigenvalue weighted by atomic mass is 16.5. The summed E-state index contributed by atoms with van der Waals surface area (Å²) >= 11 is 0. The first-order valence-corrected chi connectivity index (χ1v) is 4.82. The molecule has 0 aliphatic carbocycles. The monoisotopic (exact) mass is 194 g/mol. The zero-order chi connectivity index (χ0) is 10.8. The molecule has 0 bridgehead atoms. The molecule has 2 nitrogen and oxygen atoms in total. The van der Waals surface area contributed by atoms with Gasteiger partial charge in [-0.1, -0.05) is 44.2 Å². The molecule has 0 aliphatic heterocycles. The van der Waals surface area contributed by atoms with E-state index in [1.165, 1.54) is 6.92 Å². The lowest BCUT2D eigenvalue weighted by Gasteiger charge is -2.30. The van der Waals surface area contributed by atoms with Crippen molar-refractivity contribution in [2.75, 3.05) is 0 Å². The minimum atomic E-state index is -1.61. The fourth-order valence-electron chi connectivity index (χ4n) is 1.83. The van der Waals surface area contributed by atoms with Gasteiger partial charge in [-0.05, 0) is 17.9 Å². The zero-order valence-electron chi connectivity index (χ0n) is 8.99. The van der Waals surface area contributed by atoms with Gasteiger partial charge in [-0.2, -0.15) is 0 Å². The van der Waals surface area contributed by atoms with Crippen LogP contribution in [-0.2, 0) is 5.41 Å². The fraction of sp³-hybridized carbons (Fsp3) is 0.500. The maximum atomic E-state index is 9.37. The average Bonchev–Trinajstić information content (AvgIpc) is 2.01. The van der Waals surface area contributed by atoms with E-state index in [2.05, 4.69) is 0 Å². The van der Waals surface area contributed by atoms with Gasteiger partial charge in [-0.25, -0.2) is 0 Å². The van der Waals surface area contributed by atoms with E-state index >= 15 is 0 Å². The van der Waals surface area contributed by atoms with Crippen LogP contribution >= 0.6 is 0 Å². The van der Waals surface area contributed by atoms with E-state index in [1.807, 2.05) is 44.2 Å². The van der Waals surface area contributed by atoms with Crippen LogP contribution in [0.5, 0.6) is 0 Å². The molecular formula is C12H18O2. The molecular weight excluding hydrogens is 176 g/mol. The normalized spacial score (nSPS) is 12.9. The predicted octanol–water partition coefficient (Wildman–Crippen LogP) is 2.06. The lowest BCUT2D eigenvalue weighted by molar-refractivity contribution is -0.159. The number of hydrogen-bond donors (Lipinski definition) is 2. The first kappa shape index (κ1) is 11.2. The number of hydrogen-bond acceptors (Lipinski definition) is 2. The summed E-state index contributed by atoms with van der Waals surface area (Å²) in [6.45, 7) is 5.43. The highest BCUT2D eigenvalue weighted by Crippen LogP contribution is 2.30. The molecule has 0 unspecified atom stereocenters. The van der Waals surface area contributed by atoms with E-state index < -0.39 is 5.79 Å². The lowest BCUT2D eigenvalue weighted by Crippen LogP contribution is -2.33. The first-order chi connectivity index (χ1) is 6.31. The molecule has 1 rings (SSSR count). The van der Waals surface area contributed by atoms with Crippen LogP contribution in [0, 0.1) is 0 Å². The molecule has 0 spiro atoms. The molecule has 0 amide bonds. The van der Waals surface area contributed by atoms with Crippen LogP contribution in [0.4, 0.5) is 0 Å². The molecule has 1 aromatic rings. The smallest absolute Gasteiger partial charge is 0.160 e. The summed E-state index contributed by atoms with van der Waals surface area (Å²) < 4.78 is 0. The second-order valence-corrected chi connectivity index (χ2v) is 4.64. The Morgan fingerprint density at radius 3 is 1.93 bits per heavy atom. The Hall–Kier alpha value is -0.860. The van der Waals surface area contributed by atoms with Gasteiger partial charge in [0.2, 0.25) is 0 Å². The van der Waals surface area contributed by atoms with Crippen molar-refractivity contribution >= 4 is 0 Å². The maximum Gasteiger partial charge on any atom is 0.160 e.